The van der Waals surface area contributed by atoms with Gasteiger partial charge in [-0.25, -0.2) is 21.6 Å². The molecule has 0 spiro atoms. The van der Waals surface area contributed by atoms with Crippen molar-refractivity contribution >= 4 is 31.6 Å². The summed E-state index contributed by atoms with van der Waals surface area (Å²) in [5.74, 6) is -0.520. The van der Waals surface area contributed by atoms with Crippen LogP contribution in [0, 0.1) is 0 Å². The number of amides is 1. The Kier molecular flexibility index (Phi) is 6.28. The summed E-state index contributed by atoms with van der Waals surface area (Å²) in [5, 5.41) is 2.50. The van der Waals surface area contributed by atoms with Crippen molar-refractivity contribution in [2.75, 3.05) is 25.2 Å². The lowest BCUT2D eigenvalue weighted by Gasteiger charge is -2.14. The largest absolute Gasteiger partial charge is 0.325 e. The van der Waals surface area contributed by atoms with Gasteiger partial charge in [0.05, 0.1) is 17.7 Å². The molecule has 0 unspecified atom stereocenters. The van der Waals surface area contributed by atoms with Crippen LogP contribution in [-0.4, -0.2) is 52.9 Å². The van der Waals surface area contributed by atoms with Crippen LogP contribution < -0.4 is 10.0 Å². The van der Waals surface area contributed by atoms with E-state index in [2.05, 4.69) is 10.0 Å². The molecule has 8 nitrogen and oxygen atoms in total. The molecule has 0 heterocycles. The summed E-state index contributed by atoms with van der Waals surface area (Å²) in [5.41, 5.74) is 0.375. The first-order valence-corrected chi connectivity index (χ1v) is 10.1. The van der Waals surface area contributed by atoms with Gasteiger partial charge in [-0.1, -0.05) is 0 Å². The highest BCUT2D eigenvalue weighted by Gasteiger charge is 2.17. The van der Waals surface area contributed by atoms with Gasteiger partial charge in [-0.2, -0.15) is 4.31 Å². The van der Waals surface area contributed by atoms with E-state index in [0.29, 0.717) is 5.69 Å². The average Bonchev–Trinajstić information content (AvgIpc) is 2.36. The normalized spacial score (nSPS) is 12.6. The molecule has 1 rings (SSSR count). The molecule has 2 N–H and O–H groups in total. The molecule has 0 bridgehead atoms. The third kappa shape index (κ3) is 6.26. The van der Waals surface area contributed by atoms with E-state index >= 15 is 0 Å². The number of nitrogens with one attached hydrogen (secondary N) is 2. The van der Waals surface area contributed by atoms with Crippen molar-refractivity contribution in [3.63, 3.8) is 0 Å². The molecule has 1 aromatic carbocycles. The molecule has 0 aromatic heterocycles. The Labute approximate surface area is 137 Å². The van der Waals surface area contributed by atoms with Gasteiger partial charge in [0, 0.05) is 18.8 Å². The second kappa shape index (κ2) is 7.39. The van der Waals surface area contributed by atoms with Gasteiger partial charge in [0.2, 0.25) is 26.0 Å². The molecular weight excluding hydrogens is 342 g/mol. The molecule has 1 amide bonds. The van der Waals surface area contributed by atoms with Crippen LogP contribution in [0.2, 0.25) is 0 Å². The summed E-state index contributed by atoms with van der Waals surface area (Å²) in [4.78, 5) is 11.8. The number of anilines is 1. The van der Waals surface area contributed by atoms with E-state index in [1.54, 1.807) is 13.8 Å². The van der Waals surface area contributed by atoms with Crippen LogP contribution in [-0.2, 0) is 24.8 Å². The topological polar surface area (TPSA) is 113 Å². The zero-order valence-electron chi connectivity index (χ0n) is 13.4. The molecule has 0 aliphatic rings. The van der Waals surface area contributed by atoms with Gasteiger partial charge in [0.25, 0.3) is 0 Å². The molecule has 0 radical (unpaired) electrons. The molecule has 130 valence electrons. The highest BCUT2D eigenvalue weighted by molar-refractivity contribution is 7.89. The number of nitrogens with zero attached hydrogens (tertiary/aromatic N) is 1. The summed E-state index contributed by atoms with van der Waals surface area (Å²) < 4.78 is 49.7. The number of sulfonamides is 2. The maximum atomic E-state index is 12.0. The molecule has 0 aliphatic heterocycles. The van der Waals surface area contributed by atoms with Crippen LogP contribution in [0.25, 0.3) is 0 Å². The maximum absolute atomic E-state index is 12.0. The maximum Gasteiger partial charge on any atom is 0.240 e. The highest BCUT2D eigenvalue weighted by atomic mass is 32.2. The van der Waals surface area contributed by atoms with Crippen LogP contribution in [0.1, 0.15) is 13.8 Å². The van der Waals surface area contributed by atoms with Crippen molar-refractivity contribution in [2.45, 2.75) is 24.8 Å². The Bertz CT molecular complexity index is 755. The fourth-order valence-corrected chi connectivity index (χ4v) is 3.22. The van der Waals surface area contributed by atoms with Gasteiger partial charge >= 0.3 is 0 Å². The molecule has 0 saturated heterocycles. The van der Waals surface area contributed by atoms with E-state index in [0.717, 1.165) is 10.6 Å². The number of likely N-dealkylation sites (N-methyl/N-ethyl adjacent to an activating group) is 1. The van der Waals surface area contributed by atoms with Gasteiger partial charge in [-0.3, -0.25) is 4.79 Å². The van der Waals surface area contributed by atoms with Crippen molar-refractivity contribution < 1.29 is 21.6 Å². The van der Waals surface area contributed by atoms with E-state index in [1.807, 2.05) is 0 Å². The fraction of sp³-hybridized carbons (Fsp3) is 0.462. The van der Waals surface area contributed by atoms with E-state index in [4.69, 9.17) is 0 Å². The first-order valence-electron chi connectivity index (χ1n) is 6.75. The minimum absolute atomic E-state index is 0.0810. The Hall–Kier alpha value is -1.49. The average molecular weight is 363 g/mol. The molecule has 0 aliphatic carbocycles. The molecule has 23 heavy (non-hydrogen) atoms. The number of hydrogen-bond donors (Lipinski definition) is 2. The van der Waals surface area contributed by atoms with E-state index in [-0.39, 0.29) is 17.5 Å². The number of carbonyl (C=O) groups excluding carboxylic acids is 1. The monoisotopic (exact) mass is 363 g/mol. The van der Waals surface area contributed by atoms with Crippen LogP contribution >= 0.6 is 0 Å². The van der Waals surface area contributed by atoms with Crippen LogP contribution in [0.15, 0.2) is 29.2 Å². The molecule has 1 aromatic rings. The third-order valence-corrected chi connectivity index (χ3v) is 5.71. The molecule has 0 atom stereocenters. The zero-order chi connectivity index (χ0) is 17.8. The van der Waals surface area contributed by atoms with E-state index < -0.39 is 26.0 Å². The molecular formula is C13H21N3O5S2. The lowest BCUT2D eigenvalue weighted by Crippen LogP contribution is -2.34. The number of carbonyl (C=O) groups is 1. The van der Waals surface area contributed by atoms with Gasteiger partial charge in [-0.15, -0.1) is 0 Å². The molecule has 10 heteroatoms. The van der Waals surface area contributed by atoms with Gasteiger partial charge in [-0.05, 0) is 38.1 Å². The molecule has 0 saturated carbocycles. The quantitative estimate of drug-likeness (QED) is 0.719. The summed E-state index contributed by atoms with van der Waals surface area (Å²) in [7, 11) is -5.74. The Morgan fingerprint density at radius 2 is 1.65 bits per heavy atom. The number of benzene rings is 1. The summed E-state index contributed by atoms with van der Waals surface area (Å²) in [6.07, 6.45) is 1.00. The lowest BCUT2D eigenvalue weighted by molar-refractivity contribution is -0.116. The van der Waals surface area contributed by atoms with Crippen molar-refractivity contribution in [3.05, 3.63) is 24.3 Å². The lowest BCUT2D eigenvalue weighted by atomic mass is 10.3. The van der Waals surface area contributed by atoms with Gasteiger partial charge in [0.15, 0.2) is 0 Å². The Balaban J connectivity index is 2.77. The predicted molar refractivity (Wildman–Crippen MR) is 88.0 cm³/mol. The number of hydrogen-bond acceptors (Lipinski definition) is 5. The zero-order valence-corrected chi connectivity index (χ0v) is 15.0. The molecule has 0 fully saturated rings. The van der Waals surface area contributed by atoms with E-state index in [1.165, 1.54) is 31.3 Å². The smallest absolute Gasteiger partial charge is 0.240 e. The number of rotatable bonds is 7. The van der Waals surface area contributed by atoms with Crippen molar-refractivity contribution in [2.24, 2.45) is 0 Å². The first-order chi connectivity index (χ1) is 10.4. The first kappa shape index (κ1) is 19.6. The second-order valence-corrected chi connectivity index (χ2v) is 9.17. The van der Waals surface area contributed by atoms with Crippen molar-refractivity contribution in [1.29, 1.82) is 0 Å². The fourth-order valence-electron chi connectivity index (χ4n) is 1.62. The van der Waals surface area contributed by atoms with Gasteiger partial charge < -0.3 is 5.32 Å². The Morgan fingerprint density at radius 1 is 1.13 bits per heavy atom. The summed E-state index contributed by atoms with van der Waals surface area (Å²) in [6.45, 7) is 3.10. The van der Waals surface area contributed by atoms with Crippen LogP contribution in [0.3, 0.4) is 0 Å². The standard InChI is InChI=1S/C13H21N3O5S2/c1-10(2)15-23(20,21)12-7-5-11(6-8-12)14-13(17)9-16(3)22(4,18)19/h5-8,10,15H,9H2,1-4H3,(H,14,17). The van der Waals surface area contributed by atoms with Crippen molar-refractivity contribution in [3.8, 4) is 0 Å². The minimum Gasteiger partial charge on any atom is -0.325 e. The van der Waals surface area contributed by atoms with Crippen LogP contribution in [0.4, 0.5) is 5.69 Å². The second-order valence-electron chi connectivity index (χ2n) is 5.37. The van der Waals surface area contributed by atoms with Crippen molar-refractivity contribution in [1.82, 2.24) is 9.03 Å². The van der Waals surface area contributed by atoms with Crippen LogP contribution in [0.5, 0.6) is 0 Å². The summed E-state index contributed by atoms with van der Waals surface area (Å²) in [6, 6.07) is 5.37. The van der Waals surface area contributed by atoms with Gasteiger partial charge in [0.1, 0.15) is 0 Å². The van der Waals surface area contributed by atoms with E-state index in [9.17, 15) is 21.6 Å². The predicted octanol–water partition coefficient (Wildman–Crippen LogP) is 0.203. The summed E-state index contributed by atoms with van der Waals surface area (Å²) >= 11 is 0. The highest BCUT2D eigenvalue weighted by Crippen LogP contribution is 2.14. The third-order valence-electron chi connectivity index (χ3n) is 2.77. The minimum atomic E-state index is -3.59. The Morgan fingerprint density at radius 3 is 2.09 bits per heavy atom. The SMILES string of the molecule is CC(C)NS(=O)(=O)c1ccc(NC(=O)CN(C)S(C)(=O)=O)cc1.